The largest absolute Gasteiger partial charge is 0.273 e. The third-order valence-electron chi connectivity index (χ3n) is 4.44. The minimum absolute atomic E-state index is 0.00961. The highest BCUT2D eigenvalue weighted by Gasteiger charge is 2.33. The smallest absolute Gasteiger partial charge is 0.250 e. The van der Waals surface area contributed by atoms with E-state index in [1.54, 1.807) is 0 Å². The molecular weight excluding hydrogens is 352 g/mol. The van der Waals surface area contributed by atoms with Crippen LogP contribution in [0.3, 0.4) is 0 Å². The molecule has 1 aliphatic rings. The van der Waals surface area contributed by atoms with Crippen LogP contribution < -0.4 is 10.9 Å². The first kappa shape index (κ1) is 18.1. The molecule has 136 valence electrons. The fourth-order valence-corrected chi connectivity index (χ4v) is 4.83. The minimum Gasteiger partial charge on any atom is -0.273 e. The molecule has 1 atom stereocenters. The fourth-order valence-electron chi connectivity index (χ4n) is 3.09. The first-order valence-electron chi connectivity index (χ1n) is 8.36. The fraction of sp³-hybridized carbons (Fsp3) is 0.263. The highest BCUT2D eigenvalue weighted by Crippen LogP contribution is 2.24. The molecule has 0 unspecified atom stereocenters. The third kappa shape index (κ3) is 4.29. The van der Waals surface area contributed by atoms with Crippen molar-refractivity contribution in [3.8, 4) is 0 Å². The number of hydrazine groups is 1. The number of rotatable bonds is 4. The van der Waals surface area contributed by atoms with Crippen LogP contribution in [-0.4, -0.2) is 31.7 Å². The molecule has 2 aromatic rings. The van der Waals surface area contributed by atoms with E-state index in [0.29, 0.717) is 0 Å². The van der Waals surface area contributed by atoms with E-state index in [1.807, 2.05) is 60.7 Å². The first-order valence-corrected chi connectivity index (χ1v) is 10.2. The molecular formula is C19H20N2O4S. The van der Waals surface area contributed by atoms with Crippen molar-refractivity contribution < 1.29 is 18.0 Å². The van der Waals surface area contributed by atoms with Gasteiger partial charge in [-0.25, -0.2) is 8.42 Å². The maximum Gasteiger partial charge on any atom is 0.250 e. The van der Waals surface area contributed by atoms with Crippen LogP contribution in [0.4, 0.5) is 0 Å². The van der Waals surface area contributed by atoms with Crippen LogP contribution in [0.15, 0.2) is 60.7 Å². The van der Waals surface area contributed by atoms with Crippen LogP contribution >= 0.6 is 0 Å². The molecule has 0 aliphatic carbocycles. The lowest BCUT2D eigenvalue weighted by Crippen LogP contribution is -2.46. The van der Waals surface area contributed by atoms with Crippen LogP contribution in [-0.2, 0) is 19.4 Å². The van der Waals surface area contributed by atoms with E-state index in [2.05, 4.69) is 10.9 Å². The molecule has 0 bridgehead atoms. The molecule has 1 aliphatic heterocycles. The number of sulfone groups is 1. The molecule has 0 radical (unpaired) electrons. The third-order valence-corrected chi connectivity index (χ3v) is 6.21. The van der Waals surface area contributed by atoms with E-state index in [-0.39, 0.29) is 23.8 Å². The van der Waals surface area contributed by atoms with Gasteiger partial charge in [0, 0.05) is 0 Å². The Morgan fingerprint density at radius 1 is 0.885 bits per heavy atom. The summed E-state index contributed by atoms with van der Waals surface area (Å²) in [6, 6.07) is 18.5. The summed E-state index contributed by atoms with van der Waals surface area (Å²) >= 11 is 0. The van der Waals surface area contributed by atoms with Crippen molar-refractivity contribution in [3.05, 3.63) is 71.8 Å². The van der Waals surface area contributed by atoms with Gasteiger partial charge in [-0.05, 0) is 17.5 Å². The van der Waals surface area contributed by atoms with Crippen molar-refractivity contribution in [2.24, 2.45) is 5.92 Å². The zero-order valence-corrected chi connectivity index (χ0v) is 14.9. The van der Waals surface area contributed by atoms with E-state index in [9.17, 15) is 18.0 Å². The summed E-state index contributed by atoms with van der Waals surface area (Å²) < 4.78 is 23.0. The Labute approximate surface area is 152 Å². The number of hydrogen-bond acceptors (Lipinski definition) is 4. The van der Waals surface area contributed by atoms with Crippen LogP contribution in [0, 0.1) is 5.92 Å². The molecule has 6 nitrogen and oxygen atoms in total. The average molecular weight is 372 g/mol. The molecule has 3 rings (SSSR count). The number of hydrogen-bond donors (Lipinski definition) is 2. The second-order valence-electron chi connectivity index (χ2n) is 6.33. The Kier molecular flexibility index (Phi) is 5.37. The number of carbonyl (C=O) groups excluding carboxylic acids is 2. The van der Waals surface area contributed by atoms with E-state index < -0.39 is 27.6 Å². The van der Waals surface area contributed by atoms with Gasteiger partial charge in [-0.1, -0.05) is 60.7 Å². The average Bonchev–Trinajstić information content (AvgIpc) is 3.02. The molecule has 1 fully saturated rings. The predicted octanol–water partition coefficient (Wildman–Crippen LogP) is 1.40. The lowest BCUT2D eigenvalue weighted by atomic mass is 9.91. The first-order chi connectivity index (χ1) is 12.5. The molecule has 0 aromatic heterocycles. The Hall–Kier alpha value is -2.67. The van der Waals surface area contributed by atoms with Gasteiger partial charge in [0.2, 0.25) is 11.8 Å². The lowest BCUT2D eigenvalue weighted by Gasteiger charge is -2.19. The minimum atomic E-state index is -3.15. The summed E-state index contributed by atoms with van der Waals surface area (Å²) in [6.45, 7) is 0. The van der Waals surface area contributed by atoms with Crippen molar-refractivity contribution in [1.29, 1.82) is 0 Å². The van der Waals surface area contributed by atoms with E-state index >= 15 is 0 Å². The van der Waals surface area contributed by atoms with Gasteiger partial charge in [0.25, 0.3) is 0 Å². The lowest BCUT2D eigenvalue weighted by molar-refractivity contribution is -0.131. The predicted molar refractivity (Wildman–Crippen MR) is 97.8 cm³/mol. The van der Waals surface area contributed by atoms with E-state index in [1.165, 1.54) is 0 Å². The van der Waals surface area contributed by atoms with Gasteiger partial charge in [0.05, 0.1) is 23.3 Å². The molecule has 7 heteroatoms. The summed E-state index contributed by atoms with van der Waals surface area (Å²) in [4.78, 5) is 24.9. The molecule has 1 heterocycles. The monoisotopic (exact) mass is 372 g/mol. The number of benzene rings is 2. The SMILES string of the molecule is O=C(NNC(=O)[C@H]1CCS(=O)(=O)C1)C(c1ccccc1)c1ccccc1. The summed E-state index contributed by atoms with van der Waals surface area (Å²) in [7, 11) is -3.15. The van der Waals surface area contributed by atoms with Crippen molar-refractivity contribution in [3.63, 3.8) is 0 Å². The van der Waals surface area contributed by atoms with Gasteiger partial charge < -0.3 is 0 Å². The number of nitrogens with one attached hydrogen (secondary N) is 2. The van der Waals surface area contributed by atoms with E-state index in [0.717, 1.165) is 11.1 Å². The van der Waals surface area contributed by atoms with Crippen LogP contribution in [0.25, 0.3) is 0 Å². The normalized spacial score (nSPS) is 18.4. The molecule has 2 N–H and O–H groups in total. The Bertz CT molecular complexity index is 843. The summed E-state index contributed by atoms with van der Waals surface area (Å²) in [5, 5.41) is 0. The Morgan fingerprint density at radius 3 is 1.88 bits per heavy atom. The molecule has 2 aromatic carbocycles. The van der Waals surface area contributed by atoms with Crippen LogP contribution in [0.5, 0.6) is 0 Å². The second-order valence-corrected chi connectivity index (χ2v) is 8.56. The van der Waals surface area contributed by atoms with Gasteiger partial charge in [0.1, 0.15) is 0 Å². The van der Waals surface area contributed by atoms with Crippen LogP contribution in [0.1, 0.15) is 23.5 Å². The number of carbonyl (C=O) groups is 2. The Balaban J connectivity index is 1.71. The quantitative estimate of drug-likeness (QED) is 0.794. The molecule has 0 saturated carbocycles. The maximum absolute atomic E-state index is 12.7. The molecule has 2 amide bonds. The summed E-state index contributed by atoms with van der Waals surface area (Å²) in [6.07, 6.45) is 0.283. The zero-order valence-electron chi connectivity index (χ0n) is 14.1. The molecule has 0 spiro atoms. The standard InChI is InChI=1S/C19H20N2O4S/c22-18(16-11-12-26(24,25)13-16)20-21-19(23)17(14-7-3-1-4-8-14)15-9-5-2-6-10-15/h1-10,16-17H,11-13H2,(H,20,22)(H,21,23)/t16-/m0/s1. The summed E-state index contributed by atoms with van der Waals surface area (Å²) in [5.74, 6) is -2.21. The number of amides is 2. The van der Waals surface area contributed by atoms with Crippen LogP contribution in [0.2, 0.25) is 0 Å². The highest BCUT2D eigenvalue weighted by atomic mass is 32.2. The van der Waals surface area contributed by atoms with Crippen molar-refractivity contribution >= 4 is 21.7 Å². The van der Waals surface area contributed by atoms with Gasteiger partial charge in [-0.15, -0.1) is 0 Å². The second kappa shape index (κ2) is 7.70. The van der Waals surface area contributed by atoms with Gasteiger partial charge in [-0.3, -0.25) is 20.4 Å². The molecule has 26 heavy (non-hydrogen) atoms. The van der Waals surface area contributed by atoms with Gasteiger partial charge in [-0.2, -0.15) is 0 Å². The maximum atomic E-state index is 12.7. The summed E-state index contributed by atoms with van der Waals surface area (Å²) in [5.41, 5.74) is 6.43. The van der Waals surface area contributed by atoms with Crippen molar-refractivity contribution in [1.82, 2.24) is 10.9 Å². The van der Waals surface area contributed by atoms with Crippen molar-refractivity contribution in [2.45, 2.75) is 12.3 Å². The van der Waals surface area contributed by atoms with Gasteiger partial charge in [0.15, 0.2) is 9.84 Å². The Morgan fingerprint density at radius 2 is 1.42 bits per heavy atom. The molecule has 1 saturated heterocycles. The zero-order chi connectivity index (χ0) is 18.6. The van der Waals surface area contributed by atoms with E-state index in [4.69, 9.17) is 0 Å². The van der Waals surface area contributed by atoms with Gasteiger partial charge >= 0.3 is 0 Å². The topological polar surface area (TPSA) is 92.3 Å². The van der Waals surface area contributed by atoms with Crippen molar-refractivity contribution in [2.75, 3.05) is 11.5 Å². The highest BCUT2D eigenvalue weighted by molar-refractivity contribution is 7.91.